The smallest absolute Gasteiger partial charge is 0.335 e. The van der Waals surface area contributed by atoms with Crippen LogP contribution in [0, 0.1) is 17.8 Å². The summed E-state index contributed by atoms with van der Waals surface area (Å²) in [6, 6.07) is 10.3. The maximum atomic E-state index is 13.5. The highest BCUT2D eigenvalue weighted by molar-refractivity contribution is 6.39. The molecule has 0 radical (unpaired) electrons. The Bertz CT molecular complexity index is 1330. The number of nitrogens with one attached hydrogen (secondary N) is 1. The zero-order valence-corrected chi connectivity index (χ0v) is 23.1. The molecule has 8 heteroatoms. The van der Waals surface area contributed by atoms with E-state index in [1.54, 1.807) is 12.1 Å². The molecule has 2 aromatic rings. The van der Waals surface area contributed by atoms with E-state index in [4.69, 9.17) is 21.1 Å². The molecule has 0 aromatic heterocycles. The fraction of sp³-hybridized carbons (Fsp3) is 0.452. The SMILES string of the molecule is CCOc1cc(C=C2C(=O)NC(=O)N(c3ccc(C45CC6CC(CC(C6)C4)C5)cc3)C2=O)cc(Cl)c1OCC. The molecule has 4 amide bonds. The maximum Gasteiger partial charge on any atom is 0.335 e. The summed E-state index contributed by atoms with van der Waals surface area (Å²) in [5.41, 5.74) is 2.27. The molecule has 39 heavy (non-hydrogen) atoms. The van der Waals surface area contributed by atoms with Gasteiger partial charge in [0.2, 0.25) is 0 Å². The van der Waals surface area contributed by atoms with E-state index in [-0.39, 0.29) is 11.0 Å². The largest absolute Gasteiger partial charge is 0.490 e. The average molecular weight is 549 g/mol. The second-order valence-electron chi connectivity index (χ2n) is 11.4. The normalized spacial score (nSPS) is 28.7. The number of hydrogen-bond donors (Lipinski definition) is 1. The van der Waals surface area contributed by atoms with Gasteiger partial charge in [0.05, 0.1) is 23.9 Å². The van der Waals surface area contributed by atoms with Crippen LogP contribution in [-0.4, -0.2) is 31.1 Å². The van der Waals surface area contributed by atoms with E-state index in [0.717, 1.165) is 22.7 Å². The number of benzene rings is 2. The third-order valence-electron chi connectivity index (χ3n) is 8.81. The van der Waals surface area contributed by atoms with E-state index in [9.17, 15) is 14.4 Å². The molecule has 1 saturated heterocycles. The lowest BCUT2D eigenvalue weighted by Crippen LogP contribution is -2.54. The third-order valence-corrected chi connectivity index (χ3v) is 9.09. The minimum absolute atomic E-state index is 0.164. The van der Waals surface area contributed by atoms with Gasteiger partial charge >= 0.3 is 6.03 Å². The van der Waals surface area contributed by atoms with Crippen molar-refractivity contribution in [1.29, 1.82) is 0 Å². The van der Waals surface area contributed by atoms with Gasteiger partial charge in [-0.3, -0.25) is 14.9 Å². The number of anilines is 1. The number of amides is 4. The molecular weight excluding hydrogens is 516 g/mol. The molecule has 1 N–H and O–H groups in total. The summed E-state index contributed by atoms with van der Waals surface area (Å²) in [5, 5.41) is 2.61. The molecule has 7 rings (SSSR count). The van der Waals surface area contributed by atoms with E-state index in [2.05, 4.69) is 17.4 Å². The van der Waals surface area contributed by atoms with Crippen LogP contribution in [0.4, 0.5) is 10.5 Å². The molecule has 5 fully saturated rings. The molecule has 2 aromatic carbocycles. The van der Waals surface area contributed by atoms with Gasteiger partial charge < -0.3 is 9.47 Å². The zero-order valence-electron chi connectivity index (χ0n) is 22.3. The quantitative estimate of drug-likeness (QED) is 0.325. The Morgan fingerprint density at radius 2 is 1.56 bits per heavy atom. The summed E-state index contributed by atoms with van der Waals surface area (Å²) in [6.07, 6.45) is 9.23. The first-order valence-electron chi connectivity index (χ1n) is 13.9. The van der Waals surface area contributed by atoms with Crippen molar-refractivity contribution in [2.75, 3.05) is 18.1 Å². The third kappa shape index (κ3) is 4.61. The van der Waals surface area contributed by atoms with Gasteiger partial charge in [-0.1, -0.05) is 23.7 Å². The van der Waals surface area contributed by atoms with Crippen LogP contribution in [0.2, 0.25) is 5.02 Å². The van der Waals surface area contributed by atoms with Crippen LogP contribution in [-0.2, 0) is 15.0 Å². The Balaban J connectivity index is 1.29. The second-order valence-corrected chi connectivity index (χ2v) is 11.8. The van der Waals surface area contributed by atoms with Gasteiger partial charge in [0.15, 0.2) is 11.5 Å². The van der Waals surface area contributed by atoms with Crippen LogP contribution in [0.3, 0.4) is 0 Å². The van der Waals surface area contributed by atoms with E-state index in [1.807, 2.05) is 26.0 Å². The zero-order chi connectivity index (χ0) is 27.3. The number of rotatable bonds is 7. The number of urea groups is 1. The van der Waals surface area contributed by atoms with Gasteiger partial charge in [0.25, 0.3) is 11.8 Å². The second kappa shape index (κ2) is 10.0. The average Bonchev–Trinajstić information content (AvgIpc) is 2.88. The molecule has 0 unspecified atom stereocenters. The minimum atomic E-state index is -0.760. The van der Waals surface area contributed by atoms with Crippen molar-refractivity contribution in [3.63, 3.8) is 0 Å². The first kappa shape index (κ1) is 25.9. The lowest BCUT2D eigenvalue weighted by atomic mass is 9.48. The topological polar surface area (TPSA) is 84.9 Å². The van der Waals surface area contributed by atoms with Gasteiger partial charge in [-0.15, -0.1) is 0 Å². The Morgan fingerprint density at radius 1 is 0.949 bits per heavy atom. The molecule has 1 aliphatic heterocycles. The van der Waals surface area contributed by atoms with Crippen molar-refractivity contribution >= 4 is 41.2 Å². The number of carbonyl (C=O) groups is 3. The molecular formula is C31H33ClN2O5. The molecule has 204 valence electrons. The Hall–Kier alpha value is -3.32. The van der Waals surface area contributed by atoms with Crippen molar-refractivity contribution in [2.45, 2.75) is 57.8 Å². The predicted octanol–water partition coefficient (Wildman–Crippen LogP) is 6.27. The monoisotopic (exact) mass is 548 g/mol. The minimum Gasteiger partial charge on any atom is -0.490 e. The molecule has 1 heterocycles. The van der Waals surface area contributed by atoms with Gasteiger partial charge in [0, 0.05) is 0 Å². The molecule has 0 atom stereocenters. The summed E-state index contributed by atoms with van der Waals surface area (Å²) in [5.74, 6) is 1.84. The molecule has 5 aliphatic rings. The van der Waals surface area contributed by atoms with Crippen molar-refractivity contribution < 1.29 is 23.9 Å². The summed E-state index contributed by atoms with van der Waals surface area (Å²) < 4.78 is 11.3. The molecule has 4 bridgehead atoms. The Kier molecular flexibility index (Phi) is 6.66. The van der Waals surface area contributed by atoms with Crippen molar-refractivity contribution in [3.8, 4) is 11.5 Å². The van der Waals surface area contributed by atoms with Crippen LogP contribution >= 0.6 is 11.6 Å². The highest BCUT2D eigenvalue weighted by Gasteiger charge is 2.51. The summed E-state index contributed by atoms with van der Waals surface area (Å²) >= 11 is 6.43. The number of nitrogens with zero attached hydrogens (tertiary/aromatic N) is 1. The van der Waals surface area contributed by atoms with Gasteiger partial charge in [-0.2, -0.15) is 0 Å². The molecule has 4 saturated carbocycles. The first-order valence-corrected chi connectivity index (χ1v) is 14.3. The number of barbiturate groups is 1. The van der Waals surface area contributed by atoms with E-state index in [1.165, 1.54) is 50.2 Å². The van der Waals surface area contributed by atoms with Crippen LogP contribution in [0.15, 0.2) is 42.0 Å². The highest BCUT2D eigenvalue weighted by Crippen LogP contribution is 2.60. The van der Waals surface area contributed by atoms with Crippen molar-refractivity contribution in [2.24, 2.45) is 17.8 Å². The van der Waals surface area contributed by atoms with Crippen LogP contribution in [0.1, 0.15) is 63.5 Å². The number of halogens is 1. The number of ether oxygens (including phenoxy) is 2. The van der Waals surface area contributed by atoms with E-state index in [0.29, 0.717) is 41.0 Å². The summed E-state index contributed by atoms with van der Waals surface area (Å²) in [6.45, 7) is 4.47. The van der Waals surface area contributed by atoms with Gasteiger partial charge in [0.1, 0.15) is 5.57 Å². The van der Waals surface area contributed by atoms with Gasteiger partial charge in [-0.25, -0.2) is 9.69 Å². The predicted molar refractivity (Wildman–Crippen MR) is 149 cm³/mol. The molecule has 0 spiro atoms. The summed E-state index contributed by atoms with van der Waals surface area (Å²) in [7, 11) is 0. The Morgan fingerprint density at radius 3 is 2.15 bits per heavy atom. The highest BCUT2D eigenvalue weighted by atomic mass is 35.5. The van der Waals surface area contributed by atoms with Gasteiger partial charge in [-0.05, 0) is 117 Å². The van der Waals surface area contributed by atoms with Crippen LogP contribution in [0.5, 0.6) is 11.5 Å². The van der Waals surface area contributed by atoms with E-state index >= 15 is 0 Å². The van der Waals surface area contributed by atoms with Crippen LogP contribution < -0.4 is 19.7 Å². The number of hydrogen-bond acceptors (Lipinski definition) is 5. The van der Waals surface area contributed by atoms with Crippen molar-refractivity contribution in [3.05, 3.63) is 58.1 Å². The standard InChI is InChI=1S/C31H33ClN2O5/c1-3-38-26-14-18(13-25(32)27(26)39-4-2)12-24-28(35)33-30(37)34(29(24)36)23-7-5-22(6-8-23)31-15-19-9-20(16-31)11-21(10-19)17-31/h5-8,12-14,19-21H,3-4,9-11,15-17H2,1-2H3,(H,33,35,37). The molecule has 4 aliphatic carbocycles. The molecule has 7 nitrogen and oxygen atoms in total. The first-order chi connectivity index (χ1) is 18.8. The maximum absolute atomic E-state index is 13.5. The number of imide groups is 2. The fourth-order valence-corrected chi connectivity index (χ4v) is 7.98. The summed E-state index contributed by atoms with van der Waals surface area (Å²) in [4.78, 5) is 40.1. The van der Waals surface area contributed by atoms with Crippen LogP contribution in [0.25, 0.3) is 6.08 Å². The lowest BCUT2D eigenvalue weighted by Gasteiger charge is -2.57. The number of carbonyl (C=O) groups excluding carboxylic acids is 3. The lowest BCUT2D eigenvalue weighted by molar-refractivity contribution is -0.122. The Labute approximate surface area is 233 Å². The van der Waals surface area contributed by atoms with Crippen molar-refractivity contribution in [1.82, 2.24) is 5.32 Å². The fourth-order valence-electron chi connectivity index (χ4n) is 7.71. The van der Waals surface area contributed by atoms with E-state index < -0.39 is 17.8 Å².